The second-order valence-electron chi connectivity index (χ2n) is 3.05. The maximum absolute atomic E-state index is 9.69. The molecule has 94 valence electrons. The summed E-state index contributed by atoms with van der Waals surface area (Å²) in [5.74, 6) is 0. The van der Waals surface area contributed by atoms with Gasteiger partial charge in [0.1, 0.15) is 6.29 Å². The van der Waals surface area contributed by atoms with Crippen LogP contribution in [0.25, 0.3) is 0 Å². The molecule has 0 atom stereocenters. The van der Waals surface area contributed by atoms with Gasteiger partial charge in [-0.15, -0.1) is 0 Å². The maximum Gasteiger partial charge on any atom is 0.154 e. The van der Waals surface area contributed by atoms with Crippen LogP contribution in [0.3, 0.4) is 0 Å². The van der Waals surface area contributed by atoms with E-state index in [0.717, 1.165) is 32.3 Å². The van der Waals surface area contributed by atoms with Gasteiger partial charge in [0.25, 0.3) is 0 Å². The summed E-state index contributed by atoms with van der Waals surface area (Å²) in [4.78, 5) is 9.69. The van der Waals surface area contributed by atoms with E-state index in [-0.39, 0.29) is 6.29 Å². The quantitative estimate of drug-likeness (QED) is 0.365. The van der Waals surface area contributed by atoms with Gasteiger partial charge in [-0.3, -0.25) is 0 Å². The van der Waals surface area contributed by atoms with Crippen LogP contribution in [0.4, 0.5) is 0 Å². The minimum atomic E-state index is -0.0370. The Morgan fingerprint density at radius 3 is 2.19 bits per heavy atom. The van der Waals surface area contributed by atoms with Crippen LogP contribution in [0.2, 0.25) is 0 Å². The highest BCUT2D eigenvalue weighted by Gasteiger charge is 1.94. The first kappa shape index (κ1) is 17.5. The Kier molecular flexibility index (Phi) is 18.0. The molecule has 0 fully saturated rings. The first-order chi connectivity index (χ1) is 7.72. The standard InChI is InChI=1S/C6H9NO.C6H14O2/c7-5-3-1-2-4-6-8;1-4-7-6(3)8-5-2/h6H,1-4H2;6H,4-5H2,1-3H3. The second kappa shape index (κ2) is 16.5. The van der Waals surface area contributed by atoms with Gasteiger partial charge in [-0.1, -0.05) is 0 Å². The van der Waals surface area contributed by atoms with E-state index < -0.39 is 0 Å². The van der Waals surface area contributed by atoms with Crippen molar-refractivity contribution in [2.75, 3.05) is 13.2 Å². The highest BCUT2D eigenvalue weighted by atomic mass is 16.7. The molecular weight excluding hydrogens is 206 g/mol. The molecule has 0 amide bonds. The third kappa shape index (κ3) is 18.8. The number of ether oxygens (including phenoxy) is 2. The van der Waals surface area contributed by atoms with E-state index in [0.29, 0.717) is 12.8 Å². The number of carbonyl (C=O) groups is 1. The molecule has 0 saturated carbocycles. The number of unbranched alkanes of at least 4 members (excludes halogenated alkanes) is 3. The van der Waals surface area contributed by atoms with Gasteiger partial charge in [-0.2, -0.15) is 5.26 Å². The van der Waals surface area contributed by atoms with E-state index >= 15 is 0 Å². The first-order valence-corrected chi connectivity index (χ1v) is 5.76. The molecule has 0 spiro atoms. The summed E-state index contributed by atoms with van der Waals surface area (Å²) in [5.41, 5.74) is 0. The molecule has 0 aliphatic rings. The first-order valence-electron chi connectivity index (χ1n) is 5.76. The van der Waals surface area contributed by atoms with Crippen molar-refractivity contribution >= 4 is 6.29 Å². The molecule has 0 unspecified atom stereocenters. The van der Waals surface area contributed by atoms with Crippen LogP contribution >= 0.6 is 0 Å². The maximum atomic E-state index is 9.69. The van der Waals surface area contributed by atoms with Crippen molar-refractivity contribution in [3.63, 3.8) is 0 Å². The van der Waals surface area contributed by atoms with Gasteiger partial charge in [-0.25, -0.2) is 0 Å². The highest BCUT2D eigenvalue weighted by molar-refractivity contribution is 5.48. The Bertz CT molecular complexity index is 172. The fourth-order valence-corrected chi connectivity index (χ4v) is 0.949. The van der Waals surface area contributed by atoms with Gasteiger partial charge in [0.15, 0.2) is 6.29 Å². The Morgan fingerprint density at radius 2 is 1.81 bits per heavy atom. The molecule has 4 heteroatoms. The summed E-state index contributed by atoms with van der Waals surface area (Å²) in [5, 5.41) is 8.03. The van der Waals surface area contributed by atoms with E-state index in [1.54, 1.807) is 0 Å². The Morgan fingerprint density at radius 1 is 1.25 bits per heavy atom. The van der Waals surface area contributed by atoms with Gasteiger partial charge in [0.05, 0.1) is 6.07 Å². The molecule has 0 aromatic carbocycles. The van der Waals surface area contributed by atoms with Crippen molar-refractivity contribution in [1.29, 1.82) is 5.26 Å². The lowest BCUT2D eigenvalue weighted by Crippen LogP contribution is -2.11. The van der Waals surface area contributed by atoms with Crippen LogP contribution < -0.4 is 0 Å². The minimum absolute atomic E-state index is 0.0370. The zero-order valence-corrected chi connectivity index (χ0v) is 10.6. The van der Waals surface area contributed by atoms with Crippen molar-refractivity contribution < 1.29 is 14.3 Å². The zero-order valence-electron chi connectivity index (χ0n) is 10.6. The van der Waals surface area contributed by atoms with Gasteiger partial charge in [0.2, 0.25) is 0 Å². The topological polar surface area (TPSA) is 59.3 Å². The smallest absolute Gasteiger partial charge is 0.154 e. The van der Waals surface area contributed by atoms with Gasteiger partial charge >= 0.3 is 0 Å². The average Bonchev–Trinajstić information content (AvgIpc) is 2.26. The van der Waals surface area contributed by atoms with Crippen molar-refractivity contribution in [2.45, 2.75) is 52.7 Å². The van der Waals surface area contributed by atoms with Crippen molar-refractivity contribution in [1.82, 2.24) is 0 Å². The number of hydrogen-bond acceptors (Lipinski definition) is 4. The largest absolute Gasteiger partial charge is 0.353 e. The second-order valence-corrected chi connectivity index (χ2v) is 3.05. The summed E-state index contributed by atoms with van der Waals surface area (Å²) in [6.45, 7) is 7.25. The summed E-state index contributed by atoms with van der Waals surface area (Å²) < 4.78 is 10.1. The van der Waals surface area contributed by atoms with Gasteiger partial charge < -0.3 is 14.3 Å². The number of aldehydes is 1. The monoisotopic (exact) mass is 229 g/mol. The number of nitrogens with zero attached hydrogens (tertiary/aromatic N) is 1. The van der Waals surface area contributed by atoms with Crippen LogP contribution in [0.15, 0.2) is 0 Å². The molecule has 0 aromatic heterocycles. The van der Waals surface area contributed by atoms with Crippen LogP contribution in [-0.4, -0.2) is 25.8 Å². The Balaban J connectivity index is 0. The number of hydrogen-bond donors (Lipinski definition) is 0. The SMILES string of the molecule is CCOC(C)OCC.N#CCCCCC=O. The van der Waals surface area contributed by atoms with Crippen LogP contribution in [-0.2, 0) is 14.3 Å². The number of nitriles is 1. The van der Waals surface area contributed by atoms with Gasteiger partial charge in [-0.05, 0) is 33.6 Å². The molecule has 0 aliphatic carbocycles. The molecule has 0 aromatic rings. The number of rotatable bonds is 8. The predicted molar refractivity (Wildman–Crippen MR) is 62.9 cm³/mol. The van der Waals surface area contributed by atoms with Crippen molar-refractivity contribution in [3.05, 3.63) is 0 Å². The van der Waals surface area contributed by atoms with Crippen LogP contribution in [0, 0.1) is 11.3 Å². The third-order valence-electron chi connectivity index (χ3n) is 1.66. The minimum Gasteiger partial charge on any atom is -0.353 e. The highest BCUT2D eigenvalue weighted by Crippen LogP contribution is 1.94. The normalized spacial score (nSPS) is 9.19. The molecule has 4 nitrogen and oxygen atoms in total. The molecule has 0 N–H and O–H groups in total. The van der Waals surface area contributed by atoms with Gasteiger partial charge in [0, 0.05) is 26.1 Å². The number of carbonyl (C=O) groups excluding carboxylic acids is 1. The Hall–Kier alpha value is -0.920. The van der Waals surface area contributed by atoms with E-state index in [1.807, 2.05) is 26.8 Å². The Labute approximate surface area is 98.5 Å². The summed E-state index contributed by atoms with van der Waals surface area (Å²) in [7, 11) is 0. The lowest BCUT2D eigenvalue weighted by Gasteiger charge is -2.09. The van der Waals surface area contributed by atoms with Crippen LogP contribution in [0.5, 0.6) is 0 Å². The van der Waals surface area contributed by atoms with E-state index in [1.165, 1.54) is 0 Å². The van der Waals surface area contributed by atoms with E-state index in [2.05, 4.69) is 0 Å². The molecule has 0 heterocycles. The van der Waals surface area contributed by atoms with E-state index in [4.69, 9.17) is 14.7 Å². The molecule has 0 bridgehead atoms. The molecular formula is C12H23NO3. The van der Waals surface area contributed by atoms with Crippen LogP contribution in [0.1, 0.15) is 46.5 Å². The predicted octanol–water partition coefficient (Wildman–Crippen LogP) is 2.67. The third-order valence-corrected chi connectivity index (χ3v) is 1.66. The lowest BCUT2D eigenvalue weighted by molar-refractivity contribution is -0.123. The molecule has 16 heavy (non-hydrogen) atoms. The molecule has 0 rings (SSSR count). The summed E-state index contributed by atoms with van der Waals surface area (Å²) in [6.07, 6.45) is 3.74. The van der Waals surface area contributed by atoms with Crippen molar-refractivity contribution in [3.8, 4) is 6.07 Å². The fourth-order valence-electron chi connectivity index (χ4n) is 0.949. The average molecular weight is 229 g/mol. The molecule has 0 radical (unpaired) electrons. The summed E-state index contributed by atoms with van der Waals surface area (Å²) >= 11 is 0. The summed E-state index contributed by atoms with van der Waals surface area (Å²) in [6, 6.07) is 2.01. The molecule has 0 saturated heterocycles. The fraction of sp³-hybridized carbons (Fsp3) is 0.833. The lowest BCUT2D eigenvalue weighted by atomic mass is 10.2. The zero-order chi connectivity index (χ0) is 12.6. The van der Waals surface area contributed by atoms with Crippen molar-refractivity contribution in [2.24, 2.45) is 0 Å². The molecule has 0 aliphatic heterocycles. The van der Waals surface area contributed by atoms with E-state index in [9.17, 15) is 4.79 Å².